The van der Waals surface area contributed by atoms with Crippen LogP contribution >= 0.6 is 0 Å². The molecule has 2 rings (SSSR count). The number of amides is 1. The summed E-state index contributed by atoms with van der Waals surface area (Å²) in [6, 6.07) is 3.03. The Morgan fingerprint density at radius 2 is 2.05 bits per heavy atom. The van der Waals surface area contributed by atoms with Crippen LogP contribution in [0, 0.1) is 15.9 Å². The molecule has 7 heteroatoms. The van der Waals surface area contributed by atoms with Crippen molar-refractivity contribution in [3.8, 4) is 0 Å². The summed E-state index contributed by atoms with van der Waals surface area (Å²) < 4.78 is 13.7. The lowest BCUT2D eigenvalue weighted by Crippen LogP contribution is -2.37. The number of non-ortho nitro benzene ring substituents is 1. The lowest BCUT2D eigenvalue weighted by atomic mass is 10.1. The molecule has 1 fully saturated rings. The van der Waals surface area contributed by atoms with E-state index in [1.165, 1.54) is 19.3 Å². The summed E-state index contributed by atoms with van der Waals surface area (Å²) in [5.41, 5.74) is -0.531. The second-order valence-electron chi connectivity index (χ2n) is 5.08. The maximum absolute atomic E-state index is 13.7. The highest BCUT2D eigenvalue weighted by Gasteiger charge is 2.16. The number of likely N-dealkylation sites (tertiary alicyclic amines) is 1. The second-order valence-corrected chi connectivity index (χ2v) is 5.08. The van der Waals surface area contributed by atoms with Gasteiger partial charge in [-0.25, -0.2) is 4.39 Å². The fraction of sp³-hybridized carbons (Fsp3) is 0.500. The Morgan fingerprint density at radius 3 is 2.67 bits per heavy atom. The highest BCUT2D eigenvalue weighted by Crippen LogP contribution is 2.16. The minimum absolute atomic E-state index is 0.167. The molecule has 1 saturated heterocycles. The lowest BCUT2D eigenvalue weighted by Gasteiger charge is -2.26. The molecule has 1 aromatic carbocycles. The highest BCUT2D eigenvalue weighted by atomic mass is 19.1. The molecular formula is C14H18FN3O3. The maximum atomic E-state index is 13.7. The molecule has 6 nitrogen and oxygen atoms in total. The Bertz CT molecular complexity index is 530. The van der Waals surface area contributed by atoms with Crippen molar-refractivity contribution in [2.24, 2.45) is 0 Å². The molecule has 1 aliphatic heterocycles. The number of carbonyl (C=O) groups is 1. The number of nitrogens with zero attached hydrogens (tertiary/aromatic N) is 2. The molecule has 21 heavy (non-hydrogen) atoms. The van der Waals surface area contributed by atoms with Crippen LogP contribution < -0.4 is 5.32 Å². The molecule has 0 saturated carbocycles. The minimum Gasteiger partial charge on any atom is -0.351 e. The van der Waals surface area contributed by atoms with Crippen LogP contribution in [0.2, 0.25) is 0 Å². The Morgan fingerprint density at radius 1 is 1.33 bits per heavy atom. The molecule has 0 radical (unpaired) electrons. The monoisotopic (exact) mass is 295 g/mol. The first-order valence-corrected chi connectivity index (χ1v) is 7.02. The Balaban J connectivity index is 1.86. The summed E-state index contributed by atoms with van der Waals surface area (Å²) in [5.74, 6) is -1.42. The zero-order valence-electron chi connectivity index (χ0n) is 11.7. The van der Waals surface area contributed by atoms with Crippen LogP contribution in [-0.4, -0.2) is 41.9 Å². The van der Waals surface area contributed by atoms with Crippen LogP contribution in [0.1, 0.15) is 29.6 Å². The number of nitro benzene ring substituents is 1. The van der Waals surface area contributed by atoms with E-state index >= 15 is 0 Å². The van der Waals surface area contributed by atoms with Crippen molar-refractivity contribution in [3.63, 3.8) is 0 Å². The Labute approximate surface area is 122 Å². The van der Waals surface area contributed by atoms with Crippen LogP contribution in [0.3, 0.4) is 0 Å². The molecule has 114 valence electrons. The molecule has 1 aromatic rings. The van der Waals surface area contributed by atoms with E-state index in [2.05, 4.69) is 10.2 Å². The molecule has 0 atom stereocenters. The first-order chi connectivity index (χ1) is 10.1. The maximum Gasteiger partial charge on any atom is 0.272 e. The molecule has 1 N–H and O–H groups in total. The Hall–Kier alpha value is -2.02. The van der Waals surface area contributed by atoms with Gasteiger partial charge in [-0.15, -0.1) is 0 Å². The molecule has 1 aliphatic rings. The van der Waals surface area contributed by atoms with Gasteiger partial charge in [-0.1, -0.05) is 6.42 Å². The van der Waals surface area contributed by atoms with E-state index in [0.717, 1.165) is 37.8 Å². The van der Waals surface area contributed by atoms with E-state index in [-0.39, 0.29) is 11.3 Å². The third-order valence-corrected chi connectivity index (χ3v) is 3.57. The standard InChI is InChI=1S/C14H18FN3O3/c15-13-10-11(18(20)21)4-5-12(13)14(19)16-6-9-17-7-2-1-3-8-17/h4-5,10H,1-3,6-9H2,(H,16,19). The zero-order chi connectivity index (χ0) is 15.2. The summed E-state index contributed by atoms with van der Waals surface area (Å²) in [6.07, 6.45) is 3.59. The largest absolute Gasteiger partial charge is 0.351 e. The quantitative estimate of drug-likeness (QED) is 0.665. The van der Waals surface area contributed by atoms with Crippen molar-refractivity contribution in [2.75, 3.05) is 26.2 Å². The van der Waals surface area contributed by atoms with Crippen LogP contribution in [0.25, 0.3) is 0 Å². The van der Waals surface area contributed by atoms with E-state index in [9.17, 15) is 19.3 Å². The van der Waals surface area contributed by atoms with Gasteiger partial charge < -0.3 is 10.2 Å². The normalized spacial score (nSPS) is 15.7. The molecule has 1 heterocycles. The number of hydrogen-bond acceptors (Lipinski definition) is 4. The van der Waals surface area contributed by atoms with Gasteiger partial charge in [0.1, 0.15) is 5.82 Å². The molecule has 1 amide bonds. The van der Waals surface area contributed by atoms with E-state index in [1.807, 2.05) is 0 Å². The van der Waals surface area contributed by atoms with Gasteiger partial charge in [0, 0.05) is 19.2 Å². The van der Waals surface area contributed by atoms with Gasteiger partial charge in [0.05, 0.1) is 16.6 Å². The smallest absolute Gasteiger partial charge is 0.272 e. The van der Waals surface area contributed by atoms with Crippen LogP contribution in [0.5, 0.6) is 0 Å². The third-order valence-electron chi connectivity index (χ3n) is 3.57. The van der Waals surface area contributed by atoms with E-state index in [4.69, 9.17) is 0 Å². The van der Waals surface area contributed by atoms with Gasteiger partial charge in [-0.05, 0) is 32.0 Å². The molecule has 0 unspecified atom stereocenters. The Kier molecular flexibility index (Phi) is 5.21. The summed E-state index contributed by atoms with van der Waals surface area (Å²) in [5, 5.41) is 13.2. The molecular weight excluding hydrogens is 277 g/mol. The summed E-state index contributed by atoms with van der Waals surface area (Å²) in [4.78, 5) is 23.9. The van der Waals surface area contributed by atoms with Gasteiger partial charge in [-0.3, -0.25) is 14.9 Å². The summed E-state index contributed by atoms with van der Waals surface area (Å²) >= 11 is 0. The lowest BCUT2D eigenvalue weighted by molar-refractivity contribution is -0.385. The van der Waals surface area contributed by atoms with Crippen LogP contribution in [-0.2, 0) is 0 Å². The molecule has 0 aliphatic carbocycles. The van der Waals surface area contributed by atoms with Gasteiger partial charge >= 0.3 is 0 Å². The third kappa shape index (κ3) is 4.22. The fourth-order valence-corrected chi connectivity index (χ4v) is 2.41. The number of benzene rings is 1. The van der Waals surface area contributed by atoms with E-state index in [0.29, 0.717) is 6.54 Å². The zero-order valence-corrected chi connectivity index (χ0v) is 11.7. The number of hydrogen-bond donors (Lipinski definition) is 1. The first-order valence-electron chi connectivity index (χ1n) is 7.02. The predicted octanol–water partition coefficient (Wildman–Crippen LogP) is 1.95. The van der Waals surface area contributed by atoms with Gasteiger partial charge in [0.2, 0.25) is 0 Å². The molecule has 0 aromatic heterocycles. The average molecular weight is 295 g/mol. The average Bonchev–Trinajstić information content (AvgIpc) is 2.48. The van der Waals surface area contributed by atoms with Crippen molar-refractivity contribution in [1.29, 1.82) is 0 Å². The van der Waals surface area contributed by atoms with Crippen molar-refractivity contribution >= 4 is 11.6 Å². The molecule has 0 spiro atoms. The van der Waals surface area contributed by atoms with Crippen molar-refractivity contribution in [3.05, 3.63) is 39.7 Å². The fourth-order valence-electron chi connectivity index (χ4n) is 2.41. The van der Waals surface area contributed by atoms with Crippen molar-refractivity contribution < 1.29 is 14.1 Å². The number of rotatable bonds is 5. The summed E-state index contributed by atoms with van der Waals surface area (Å²) in [7, 11) is 0. The highest BCUT2D eigenvalue weighted by molar-refractivity contribution is 5.94. The number of halogens is 1. The van der Waals surface area contributed by atoms with Gasteiger partial charge in [-0.2, -0.15) is 0 Å². The molecule has 0 bridgehead atoms. The van der Waals surface area contributed by atoms with Gasteiger partial charge in [0.25, 0.3) is 11.6 Å². The second kappa shape index (κ2) is 7.12. The van der Waals surface area contributed by atoms with Crippen LogP contribution in [0.4, 0.5) is 10.1 Å². The number of nitrogens with one attached hydrogen (secondary N) is 1. The van der Waals surface area contributed by atoms with Gasteiger partial charge in [0.15, 0.2) is 0 Å². The van der Waals surface area contributed by atoms with Crippen LogP contribution in [0.15, 0.2) is 18.2 Å². The van der Waals surface area contributed by atoms with E-state index < -0.39 is 16.6 Å². The number of piperidine rings is 1. The predicted molar refractivity (Wildman–Crippen MR) is 75.7 cm³/mol. The summed E-state index contributed by atoms with van der Waals surface area (Å²) in [6.45, 7) is 3.24. The first kappa shape index (κ1) is 15.4. The van der Waals surface area contributed by atoms with Crippen molar-refractivity contribution in [2.45, 2.75) is 19.3 Å². The topological polar surface area (TPSA) is 75.5 Å². The minimum atomic E-state index is -0.875. The van der Waals surface area contributed by atoms with Crippen molar-refractivity contribution in [1.82, 2.24) is 10.2 Å². The number of carbonyl (C=O) groups excluding carboxylic acids is 1. The SMILES string of the molecule is O=C(NCCN1CCCCC1)c1ccc([N+](=O)[O-])cc1F. The number of nitro groups is 1. The van der Waals surface area contributed by atoms with E-state index in [1.54, 1.807) is 0 Å².